The molecule has 2 nitrogen and oxygen atoms in total. The molecular formula is C13H13FN2. The first-order valence-corrected chi connectivity index (χ1v) is 5.49. The highest BCUT2D eigenvalue weighted by Gasteiger charge is 2.15. The van der Waals surface area contributed by atoms with Crippen molar-refractivity contribution in [3.05, 3.63) is 47.9 Å². The monoisotopic (exact) mass is 216 g/mol. The summed E-state index contributed by atoms with van der Waals surface area (Å²) >= 11 is 0. The Morgan fingerprint density at radius 3 is 3.00 bits per heavy atom. The number of nitrogens with one attached hydrogen (secondary N) is 2. The van der Waals surface area contributed by atoms with Gasteiger partial charge in [0.05, 0.1) is 0 Å². The van der Waals surface area contributed by atoms with E-state index in [4.69, 9.17) is 0 Å². The fraction of sp³-hybridized carbons (Fsp3) is 0.231. The second kappa shape index (κ2) is 3.76. The maximum atomic E-state index is 13.2. The van der Waals surface area contributed by atoms with Crippen LogP contribution in [-0.2, 0) is 0 Å². The lowest BCUT2D eigenvalue weighted by molar-refractivity contribution is 0.558. The molecule has 1 aromatic carbocycles. The van der Waals surface area contributed by atoms with E-state index in [0.29, 0.717) is 6.04 Å². The van der Waals surface area contributed by atoms with E-state index in [2.05, 4.69) is 22.5 Å². The lowest BCUT2D eigenvalue weighted by Crippen LogP contribution is -2.23. The minimum Gasteiger partial charge on any atom is -0.361 e. The zero-order chi connectivity index (χ0) is 11.0. The van der Waals surface area contributed by atoms with Gasteiger partial charge in [-0.3, -0.25) is 0 Å². The van der Waals surface area contributed by atoms with Crippen molar-refractivity contribution in [3.8, 4) is 0 Å². The molecule has 0 fully saturated rings. The van der Waals surface area contributed by atoms with Crippen LogP contribution in [-0.4, -0.2) is 11.5 Å². The molecule has 3 heteroatoms. The lowest BCUT2D eigenvalue weighted by atomic mass is 10.0. The number of aromatic nitrogens is 1. The highest BCUT2D eigenvalue weighted by atomic mass is 19.1. The molecule has 0 spiro atoms. The van der Waals surface area contributed by atoms with Crippen LogP contribution < -0.4 is 5.32 Å². The number of fused-ring (bicyclic) bond motifs is 1. The Morgan fingerprint density at radius 1 is 1.25 bits per heavy atom. The normalized spacial score (nSPS) is 20.4. The molecule has 1 aliphatic heterocycles. The number of H-pyrrole nitrogens is 1. The van der Waals surface area contributed by atoms with E-state index >= 15 is 0 Å². The predicted molar refractivity (Wildman–Crippen MR) is 62.8 cm³/mol. The third kappa shape index (κ3) is 1.53. The molecule has 0 radical (unpaired) electrons. The molecule has 1 aromatic heterocycles. The maximum absolute atomic E-state index is 13.2. The van der Waals surface area contributed by atoms with Crippen LogP contribution in [0.15, 0.2) is 36.5 Å². The Morgan fingerprint density at radius 2 is 2.19 bits per heavy atom. The molecular weight excluding hydrogens is 203 g/mol. The fourth-order valence-electron chi connectivity index (χ4n) is 2.25. The van der Waals surface area contributed by atoms with Crippen LogP contribution in [0.1, 0.15) is 18.0 Å². The van der Waals surface area contributed by atoms with Crippen molar-refractivity contribution in [3.63, 3.8) is 0 Å². The van der Waals surface area contributed by atoms with Gasteiger partial charge in [0.2, 0.25) is 0 Å². The van der Waals surface area contributed by atoms with Crippen molar-refractivity contribution < 1.29 is 4.39 Å². The Bertz CT molecular complexity index is 542. The summed E-state index contributed by atoms with van der Waals surface area (Å²) < 4.78 is 13.2. The Balaban J connectivity index is 2.09. The van der Waals surface area contributed by atoms with Crippen LogP contribution in [0, 0.1) is 5.82 Å². The minimum atomic E-state index is -0.181. The summed E-state index contributed by atoms with van der Waals surface area (Å²) in [4.78, 5) is 3.18. The zero-order valence-electron chi connectivity index (χ0n) is 8.83. The SMILES string of the molecule is Fc1ccc2[nH]cc(C3CC=CCN3)c2c1. The van der Waals surface area contributed by atoms with Crippen LogP contribution in [0.5, 0.6) is 0 Å². The van der Waals surface area contributed by atoms with Gasteiger partial charge in [-0.05, 0) is 30.2 Å². The van der Waals surface area contributed by atoms with E-state index in [-0.39, 0.29) is 5.82 Å². The van der Waals surface area contributed by atoms with Crippen molar-refractivity contribution >= 4 is 10.9 Å². The Kier molecular flexibility index (Phi) is 2.26. The number of rotatable bonds is 1. The van der Waals surface area contributed by atoms with Crippen molar-refractivity contribution in [1.82, 2.24) is 10.3 Å². The molecule has 82 valence electrons. The number of benzene rings is 1. The van der Waals surface area contributed by atoms with Gasteiger partial charge in [0.15, 0.2) is 0 Å². The molecule has 0 amide bonds. The van der Waals surface area contributed by atoms with Gasteiger partial charge in [0, 0.05) is 29.7 Å². The molecule has 1 unspecified atom stereocenters. The first kappa shape index (κ1) is 9.60. The first-order chi connectivity index (χ1) is 7.84. The van der Waals surface area contributed by atoms with Crippen molar-refractivity contribution in [2.24, 2.45) is 0 Å². The maximum Gasteiger partial charge on any atom is 0.123 e. The third-order valence-electron chi connectivity index (χ3n) is 3.07. The van der Waals surface area contributed by atoms with E-state index in [1.54, 1.807) is 12.1 Å². The van der Waals surface area contributed by atoms with E-state index in [0.717, 1.165) is 29.4 Å². The number of hydrogen-bond acceptors (Lipinski definition) is 1. The molecule has 0 bridgehead atoms. The van der Waals surface area contributed by atoms with E-state index in [9.17, 15) is 4.39 Å². The average molecular weight is 216 g/mol. The summed E-state index contributed by atoms with van der Waals surface area (Å²) in [5.41, 5.74) is 2.15. The average Bonchev–Trinajstić information content (AvgIpc) is 2.73. The van der Waals surface area contributed by atoms with Gasteiger partial charge in [-0.1, -0.05) is 12.2 Å². The largest absolute Gasteiger partial charge is 0.361 e. The molecule has 0 saturated carbocycles. The second-order valence-electron chi connectivity index (χ2n) is 4.10. The first-order valence-electron chi connectivity index (χ1n) is 5.49. The smallest absolute Gasteiger partial charge is 0.123 e. The Hall–Kier alpha value is -1.61. The highest BCUT2D eigenvalue weighted by molar-refractivity contribution is 5.83. The van der Waals surface area contributed by atoms with Crippen LogP contribution in [0.25, 0.3) is 10.9 Å². The van der Waals surface area contributed by atoms with Crippen LogP contribution in [0.2, 0.25) is 0 Å². The van der Waals surface area contributed by atoms with Crippen LogP contribution in [0.3, 0.4) is 0 Å². The third-order valence-corrected chi connectivity index (χ3v) is 3.07. The number of hydrogen-bond donors (Lipinski definition) is 2. The van der Waals surface area contributed by atoms with Crippen molar-refractivity contribution in [1.29, 1.82) is 0 Å². The minimum absolute atomic E-state index is 0.181. The van der Waals surface area contributed by atoms with Crippen LogP contribution in [0.4, 0.5) is 4.39 Å². The van der Waals surface area contributed by atoms with Gasteiger partial charge in [0.25, 0.3) is 0 Å². The van der Waals surface area contributed by atoms with E-state index in [1.165, 1.54) is 6.07 Å². The summed E-state index contributed by atoms with van der Waals surface area (Å²) in [7, 11) is 0. The number of aromatic amines is 1. The molecule has 1 atom stereocenters. The molecule has 2 heterocycles. The quantitative estimate of drug-likeness (QED) is 0.705. The highest BCUT2D eigenvalue weighted by Crippen LogP contribution is 2.28. The van der Waals surface area contributed by atoms with Gasteiger partial charge >= 0.3 is 0 Å². The fourth-order valence-corrected chi connectivity index (χ4v) is 2.25. The van der Waals surface area contributed by atoms with Gasteiger partial charge < -0.3 is 10.3 Å². The van der Waals surface area contributed by atoms with Gasteiger partial charge in [-0.2, -0.15) is 0 Å². The standard InChI is InChI=1S/C13H13FN2/c14-9-4-5-13-10(7-9)11(8-16-13)12-3-1-2-6-15-12/h1-2,4-5,7-8,12,15-16H,3,6H2. The summed E-state index contributed by atoms with van der Waals surface area (Å²) in [6.45, 7) is 0.882. The zero-order valence-corrected chi connectivity index (χ0v) is 8.83. The van der Waals surface area contributed by atoms with Gasteiger partial charge in [-0.15, -0.1) is 0 Å². The summed E-state index contributed by atoms with van der Waals surface area (Å²) in [6.07, 6.45) is 7.22. The molecule has 2 N–H and O–H groups in total. The molecule has 2 aromatic rings. The molecule has 16 heavy (non-hydrogen) atoms. The van der Waals surface area contributed by atoms with Crippen LogP contribution >= 0.6 is 0 Å². The topological polar surface area (TPSA) is 27.8 Å². The Labute approximate surface area is 93.2 Å². The summed E-state index contributed by atoms with van der Waals surface area (Å²) in [5.74, 6) is -0.181. The second-order valence-corrected chi connectivity index (χ2v) is 4.10. The number of halogens is 1. The molecule has 1 aliphatic rings. The molecule has 3 rings (SSSR count). The van der Waals surface area contributed by atoms with Crippen molar-refractivity contribution in [2.45, 2.75) is 12.5 Å². The summed E-state index contributed by atoms with van der Waals surface area (Å²) in [5, 5.41) is 4.38. The van der Waals surface area contributed by atoms with Gasteiger partial charge in [0.1, 0.15) is 5.82 Å². The molecule has 0 saturated heterocycles. The van der Waals surface area contributed by atoms with E-state index < -0.39 is 0 Å². The van der Waals surface area contributed by atoms with Crippen molar-refractivity contribution in [2.75, 3.05) is 6.54 Å². The van der Waals surface area contributed by atoms with Gasteiger partial charge in [-0.25, -0.2) is 4.39 Å². The predicted octanol–water partition coefficient (Wildman–Crippen LogP) is 2.90. The van der Waals surface area contributed by atoms with E-state index in [1.807, 2.05) is 6.20 Å². The summed E-state index contributed by atoms with van der Waals surface area (Å²) in [6, 6.07) is 5.16. The lowest BCUT2D eigenvalue weighted by Gasteiger charge is -2.19. The molecule has 0 aliphatic carbocycles.